The third kappa shape index (κ3) is 5.21. The Morgan fingerprint density at radius 2 is 0.804 bits per heavy atom. The predicted octanol–water partition coefficient (Wildman–Crippen LogP) is 13.7. The van der Waals surface area contributed by atoms with Crippen LogP contribution in [0, 0.1) is 0 Å². The van der Waals surface area contributed by atoms with Crippen molar-refractivity contribution in [2.45, 2.75) is 0 Å². The van der Waals surface area contributed by atoms with Crippen molar-refractivity contribution in [2.75, 3.05) is 0 Å². The van der Waals surface area contributed by atoms with Crippen LogP contribution in [0.25, 0.3) is 111 Å². The van der Waals surface area contributed by atoms with Crippen molar-refractivity contribution in [2.24, 2.45) is 0 Å². The Labute approximate surface area is 322 Å². The van der Waals surface area contributed by atoms with Gasteiger partial charge < -0.3 is 8.83 Å². The lowest BCUT2D eigenvalue weighted by atomic mass is 9.89. The molecule has 0 bridgehead atoms. The van der Waals surface area contributed by atoms with E-state index < -0.39 is 0 Å². The predicted molar refractivity (Wildman–Crippen MR) is 227 cm³/mol. The summed E-state index contributed by atoms with van der Waals surface area (Å²) in [5, 5.41) is 1.98. The molecule has 0 aliphatic heterocycles. The third-order valence-electron chi connectivity index (χ3n) is 10.7. The standard InChI is InChI=1S/C51H31N3O2/c1-3-10-33(11-4-1)38-16-8-18-43-46-50(55-48(38)43)40(24-28-53-46)37-20-21-41(45(31-37)36-15-7-14-35(30-36)32-22-26-52-27-23-32)42-25-29-54-47-44-19-9-17-39(49(44)56-51(42)47)34-12-5-2-6-13-34/h1-31H. The molecule has 5 heteroatoms. The summed E-state index contributed by atoms with van der Waals surface area (Å²) in [5.74, 6) is 0. The summed E-state index contributed by atoms with van der Waals surface area (Å²) in [5.41, 5.74) is 17.5. The zero-order valence-corrected chi connectivity index (χ0v) is 30.1. The van der Waals surface area contributed by atoms with Crippen molar-refractivity contribution in [3.63, 3.8) is 0 Å². The fraction of sp³-hybridized carbons (Fsp3) is 0. The maximum absolute atomic E-state index is 6.87. The number of benzene rings is 6. The largest absolute Gasteiger partial charge is 0.453 e. The lowest BCUT2D eigenvalue weighted by molar-refractivity contribution is 0.670. The summed E-state index contributed by atoms with van der Waals surface area (Å²) in [4.78, 5) is 14.0. The number of fused-ring (bicyclic) bond motifs is 6. The summed E-state index contributed by atoms with van der Waals surface area (Å²) in [7, 11) is 0. The molecule has 5 nitrogen and oxygen atoms in total. The first-order chi connectivity index (χ1) is 27.8. The number of hydrogen-bond acceptors (Lipinski definition) is 5. The molecule has 5 heterocycles. The van der Waals surface area contributed by atoms with Gasteiger partial charge in [0.15, 0.2) is 11.2 Å². The Kier molecular flexibility index (Phi) is 7.42. The number of furan rings is 2. The molecule has 0 saturated carbocycles. The van der Waals surface area contributed by atoms with Crippen LogP contribution in [-0.2, 0) is 0 Å². The molecule has 0 atom stereocenters. The molecule has 11 rings (SSSR count). The first kappa shape index (κ1) is 31.9. The van der Waals surface area contributed by atoms with Gasteiger partial charge in [-0.1, -0.05) is 115 Å². The van der Waals surface area contributed by atoms with Crippen LogP contribution in [0.4, 0.5) is 0 Å². The number of rotatable bonds is 6. The Morgan fingerprint density at radius 3 is 1.45 bits per heavy atom. The molecule has 0 spiro atoms. The van der Waals surface area contributed by atoms with Crippen molar-refractivity contribution in [3.05, 3.63) is 189 Å². The molecule has 262 valence electrons. The van der Waals surface area contributed by atoms with E-state index in [9.17, 15) is 0 Å². The lowest BCUT2D eigenvalue weighted by Gasteiger charge is -2.14. The first-order valence-electron chi connectivity index (χ1n) is 18.7. The van der Waals surface area contributed by atoms with E-state index in [1.165, 1.54) is 0 Å². The maximum Gasteiger partial charge on any atom is 0.161 e. The Bertz CT molecular complexity index is 3240. The average molecular weight is 718 g/mol. The van der Waals surface area contributed by atoms with Gasteiger partial charge in [-0.3, -0.25) is 15.0 Å². The zero-order chi connectivity index (χ0) is 37.0. The minimum atomic E-state index is 0.752. The summed E-state index contributed by atoms with van der Waals surface area (Å²) in [6.07, 6.45) is 7.43. The van der Waals surface area contributed by atoms with Gasteiger partial charge in [0.05, 0.1) is 0 Å². The van der Waals surface area contributed by atoms with Crippen LogP contribution in [-0.4, -0.2) is 15.0 Å². The van der Waals surface area contributed by atoms with Gasteiger partial charge in [-0.2, -0.15) is 0 Å². The molecular weight excluding hydrogens is 687 g/mol. The molecular formula is C51H31N3O2. The average Bonchev–Trinajstić information content (AvgIpc) is 3.86. The highest BCUT2D eigenvalue weighted by Crippen LogP contribution is 2.45. The Balaban J connectivity index is 1.14. The van der Waals surface area contributed by atoms with Gasteiger partial charge in [0, 0.05) is 57.8 Å². The van der Waals surface area contributed by atoms with Crippen molar-refractivity contribution in [1.29, 1.82) is 0 Å². The van der Waals surface area contributed by atoms with Gasteiger partial charge in [-0.25, -0.2) is 0 Å². The number of para-hydroxylation sites is 2. The van der Waals surface area contributed by atoms with E-state index in [4.69, 9.17) is 18.8 Å². The van der Waals surface area contributed by atoms with Crippen molar-refractivity contribution in [3.8, 4) is 66.8 Å². The maximum atomic E-state index is 6.87. The van der Waals surface area contributed by atoms with Crippen molar-refractivity contribution >= 4 is 44.1 Å². The quantitative estimate of drug-likeness (QED) is 0.171. The molecule has 0 radical (unpaired) electrons. The van der Waals surface area contributed by atoms with Crippen LogP contribution in [0.3, 0.4) is 0 Å². The van der Waals surface area contributed by atoms with Crippen LogP contribution in [0.2, 0.25) is 0 Å². The van der Waals surface area contributed by atoms with E-state index in [1.807, 2.05) is 55.1 Å². The molecule has 11 aromatic rings. The van der Waals surface area contributed by atoms with Crippen LogP contribution in [0.5, 0.6) is 0 Å². The number of pyridine rings is 3. The molecule has 0 aliphatic carbocycles. The normalized spacial score (nSPS) is 11.6. The van der Waals surface area contributed by atoms with E-state index in [1.54, 1.807) is 0 Å². The summed E-state index contributed by atoms with van der Waals surface area (Å²) in [6, 6.07) is 56.8. The van der Waals surface area contributed by atoms with Gasteiger partial charge in [-0.15, -0.1) is 0 Å². The number of hydrogen-bond donors (Lipinski definition) is 0. The molecule has 0 saturated heterocycles. The molecule has 0 N–H and O–H groups in total. The third-order valence-corrected chi connectivity index (χ3v) is 10.7. The number of nitrogens with zero attached hydrogens (tertiary/aromatic N) is 3. The highest BCUT2D eigenvalue weighted by molar-refractivity contribution is 6.13. The van der Waals surface area contributed by atoms with E-state index in [-0.39, 0.29) is 0 Å². The van der Waals surface area contributed by atoms with Gasteiger partial charge in [-0.05, 0) is 93.0 Å². The minimum absolute atomic E-state index is 0.752. The smallest absolute Gasteiger partial charge is 0.161 e. The SMILES string of the molecule is c1ccc(-c2cccc3c2oc2c(-c4ccc(-c5ccnc6c5oc5c(-c7ccccc7)cccc56)c(-c5cccc(-c6ccncc6)c5)c4)ccnc23)cc1. The first-order valence-corrected chi connectivity index (χ1v) is 18.7. The van der Waals surface area contributed by atoms with E-state index in [0.717, 1.165) is 111 Å². The lowest BCUT2D eigenvalue weighted by Crippen LogP contribution is -1.90. The molecule has 6 aromatic carbocycles. The van der Waals surface area contributed by atoms with E-state index >= 15 is 0 Å². The van der Waals surface area contributed by atoms with Gasteiger partial charge in [0.25, 0.3) is 0 Å². The van der Waals surface area contributed by atoms with E-state index in [0.29, 0.717) is 0 Å². The fourth-order valence-corrected chi connectivity index (χ4v) is 8.08. The molecule has 5 aromatic heterocycles. The Hall–Kier alpha value is -7.63. The Morgan fingerprint density at radius 1 is 0.286 bits per heavy atom. The topological polar surface area (TPSA) is 65.0 Å². The summed E-state index contributed by atoms with van der Waals surface area (Å²) < 4.78 is 13.7. The fourth-order valence-electron chi connectivity index (χ4n) is 8.08. The zero-order valence-electron chi connectivity index (χ0n) is 30.1. The van der Waals surface area contributed by atoms with Gasteiger partial charge >= 0.3 is 0 Å². The second-order valence-electron chi connectivity index (χ2n) is 14.0. The van der Waals surface area contributed by atoms with Gasteiger partial charge in [0.1, 0.15) is 22.2 Å². The second kappa shape index (κ2) is 13.0. The minimum Gasteiger partial charge on any atom is -0.453 e. The molecule has 56 heavy (non-hydrogen) atoms. The van der Waals surface area contributed by atoms with E-state index in [2.05, 4.69) is 138 Å². The molecule has 0 amide bonds. The van der Waals surface area contributed by atoms with Crippen molar-refractivity contribution in [1.82, 2.24) is 15.0 Å². The van der Waals surface area contributed by atoms with Crippen LogP contribution < -0.4 is 0 Å². The van der Waals surface area contributed by atoms with Crippen LogP contribution in [0.15, 0.2) is 197 Å². The van der Waals surface area contributed by atoms with Gasteiger partial charge in [0.2, 0.25) is 0 Å². The second-order valence-corrected chi connectivity index (χ2v) is 14.0. The highest BCUT2D eigenvalue weighted by Gasteiger charge is 2.21. The monoisotopic (exact) mass is 717 g/mol. The number of aromatic nitrogens is 3. The van der Waals surface area contributed by atoms with Crippen LogP contribution >= 0.6 is 0 Å². The van der Waals surface area contributed by atoms with Crippen LogP contribution in [0.1, 0.15) is 0 Å². The summed E-state index contributed by atoms with van der Waals surface area (Å²) >= 11 is 0. The van der Waals surface area contributed by atoms with Crippen molar-refractivity contribution < 1.29 is 8.83 Å². The summed E-state index contributed by atoms with van der Waals surface area (Å²) in [6.45, 7) is 0. The molecule has 0 fully saturated rings. The highest BCUT2D eigenvalue weighted by atomic mass is 16.3. The molecule has 0 unspecified atom stereocenters. The molecule has 0 aliphatic rings.